The summed E-state index contributed by atoms with van der Waals surface area (Å²) in [5, 5.41) is 5.72. The Bertz CT molecular complexity index is 795. The molecule has 1 aliphatic heterocycles. The smallest absolute Gasteiger partial charge is 0.317 e. The number of carbonyl (C=O) groups is 2. The maximum atomic E-state index is 12.3. The number of carbonyl (C=O) groups excluding carboxylic acids is 2. The molecular weight excluding hydrogens is 376 g/mol. The first-order valence-corrected chi connectivity index (χ1v) is 9.32. The van der Waals surface area contributed by atoms with E-state index in [9.17, 15) is 9.59 Å². The number of amides is 3. The van der Waals surface area contributed by atoms with Gasteiger partial charge >= 0.3 is 6.03 Å². The van der Waals surface area contributed by atoms with Crippen molar-refractivity contribution in [2.24, 2.45) is 0 Å². The first-order chi connectivity index (χ1) is 13.1. The number of nitrogens with zero attached hydrogens (tertiary/aromatic N) is 1. The minimum atomic E-state index is -0.112. The topological polar surface area (TPSA) is 87.5 Å². The highest BCUT2D eigenvalue weighted by atomic mass is 35.5. The Kier molecular flexibility index (Phi) is 8.14. The van der Waals surface area contributed by atoms with Crippen LogP contribution in [0.15, 0.2) is 48.5 Å². The van der Waals surface area contributed by atoms with Crippen molar-refractivity contribution in [3.63, 3.8) is 0 Å². The molecule has 3 rings (SSSR count). The number of nitrogens with one attached hydrogen (secondary N) is 2. The molecule has 3 amide bonds. The summed E-state index contributed by atoms with van der Waals surface area (Å²) in [6, 6.07) is 15.7. The van der Waals surface area contributed by atoms with E-state index in [0.29, 0.717) is 26.2 Å². The lowest BCUT2D eigenvalue weighted by molar-refractivity contribution is -0.120. The van der Waals surface area contributed by atoms with E-state index in [2.05, 4.69) is 22.8 Å². The number of nitrogens with two attached hydrogens (primary N) is 1. The average molecular weight is 403 g/mol. The van der Waals surface area contributed by atoms with Crippen molar-refractivity contribution in [3.05, 3.63) is 65.2 Å². The first kappa shape index (κ1) is 21.6. The van der Waals surface area contributed by atoms with Crippen LogP contribution in [0, 0.1) is 0 Å². The van der Waals surface area contributed by atoms with Gasteiger partial charge in [-0.1, -0.05) is 36.4 Å². The molecule has 0 bridgehead atoms. The van der Waals surface area contributed by atoms with Gasteiger partial charge in [0.25, 0.3) is 0 Å². The van der Waals surface area contributed by atoms with E-state index in [1.165, 1.54) is 11.1 Å². The van der Waals surface area contributed by atoms with Crippen LogP contribution in [0.25, 0.3) is 0 Å². The summed E-state index contributed by atoms with van der Waals surface area (Å²) in [4.78, 5) is 26.0. The lowest BCUT2D eigenvalue weighted by atomic mass is 10.0. The van der Waals surface area contributed by atoms with Gasteiger partial charge in [0.2, 0.25) is 5.91 Å². The van der Waals surface area contributed by atoms with Crippen molar-refractivity contribution in [2.45, 2.75) is 25.8 Å². The number of benzene rings is 2. The lowest BCUT2D eigenvalue weighted by Gasteiger charge is -2.28. The third kappa shape index (κ3) is 6.16. The van der Waals surface area contributed by atoms with Crippen LogP contribution in [0.4, 0.5) is 10.5 Å². The van der Waals surface area contributed by atoms with Crippen LogP contribution in [0.2, 0.25) is 0 Å². The molecular formula is C21H27ClN4O2. The molecule has 0 saturated heterocycles. The molecule has 2 aromatic carbocycles. The number of hydrogen-bond donors (Lipinski definition) is 3. The molecule has 0 aromatic heterocycles. The zero-order valence-electron chi connectivity index (χ0n) is 15.8. The van der Waals surface area contributed by atoms with Gasteiger partial charge in [-0.15, -0.1) is 12.4 Å². The van der Waals surface area contributed by atoms with Gasteiger partial charge in [-0.25, -0.2) is 4.79 Å². The molecule has 0 unspecified atom stereocenters. The molecule has 1 aliphatic rings. The fourth-order valence-electron chi connectivity index (χ4n) is 3.18. The van der Waals surface area contributed by atoms with Crippen LogP contribution < -0.4 is 16.4 Å². The zero-order valence-corrected chi connectivity index (χ0v) is 16.6. The SMILES string of the molecule is Cl.Nc1ccc(CCNC(=O)CCNC(=O)N2CCc3ccccc3C2)cc1. The largest absolute Gasteiger partial charge is 0.399 e. The van der Waals surface area contributed by atoms with Crippen LogP contribution in [-0.2, 0) is 24.2 Å². The molecule has 150 valence electrons. The van der Waals surface area contributed by atoms with E-state index in [-0.39, 0.29) is 30.8 Å². The number of rotatable bonds is 6. The molecule has 0 atom stereocenters. The Balaban J connectivity index is 0.00000280. The fourth-order valence-corrected chi connectivity index (χ4v) is 3.18. The third-order valence-corrected chi connectivity index (χ3v) is 4.76. The Morgan fingerprint density at radius 3 is 2.43 bits per heavy atom. The van der Waals surface area contributed by atoms with E-state index >= 15 is 0 Å². The summed E-state index contributed by atoms with van der Waals surface area (Å²) < 4.78 is 0. The normalized spacial score (nSPS) is 12.5. The zero-order chi connectivity index (χ0) is 19.1. The van der Waals surface area contributed by atoms with Gasteiger partial charge in [-0.2, -0.15) is 0 Å². The van der Waals surface area contributed by atoms with Gasteiger partial charge in [0.05, 0.1) is 0 Å². The van der Waals surface area contributed by atoms with Crippen molar-refractivity contribution < 1.29 is 9.59 Å². The van der Waals surface area contributed by atoms with Gasteiger partial charge < -0.3 is 21.3 Å². The number of urea groups is 1. The van der Waals surface area contributed by atoms with Gasteiger partial charge in [0, 0.05) is 38.3 Å². The summed E-state index contributed by atoms with van der Waals surface area (Å²) in [6.07, 6.45) is 1.90. The average Bonchev–Trinajstić information content (AvgIpc) is 2.69. The highest BCUT2D eigenvalue weighted by Gasteiger charge is 2.19. The fraction of sp³-hybridized carbons (Fsp3) is 0.333. The Hall–Kier alpha value is -2.73. The van der Waals surface area contributed by atoms with E-state index < -0.39 is 0 Å². The maximum absolute atomic E-state index is 12.3. The van der Waals surface area contributed by atoms with Crippen molar-refractivity contribution >= 4 is 30.0 Å². The molecule has 4 N–H and O–H groups in total. The monoisotopic (exact) mass is 402 g/mol. The van der Waals surface area contributed by atoms with Crippen molar-refractivity contribution in [2.75, 3.05) is 25.4 Å². The van der Waals surface area contributed by atoms with Gasteiger partial charge in [-0.05, 0) is 41.7 Å². The minimum Gasteiger partial charge on any atom is -0.399 e. The second-order valence-electron chi connectivity index (χ2n) is 6.76. The van der Waals surface area contributed by atoms with E-state index in [0.717, 1.165) is 24.1 Å². The standard InChI is InChI=1S/C21H26N4O2.ClH/c22-19-7-5-16(6-8-19)9-12-23-20(26)10-13-24-21(27)25-14-11-17-3-1-2-4-18(17)15-25;/h1-8H,9-15,22H2,(H,23,26)(H,24,27);1H. The molecule has 0 radical (unpaired) electrons. The molecule has 1 heterocycles. The second kappa shape index (κ2) is 10.6. The summed E-state index contributed by atoms with van der Waals surface area (Å²) >= 11 is 0. The number of anilines is 1. The van der Waals surface area contributed by atoms with Crippen molar-refractivity contribution in [1.82, 2.24) is 15.5 Å². The summed E-state index contributed by atoms with van der Waals surface area (Å²) in [6.45, 7) is 2.23. The summed E-state index contributed by atoms with van der Waals surface area (Å²) in [5.41, 5.74) is 10.0. The van der Waals surface area contributed by atoms with Gasteiger partial charge in [-0.3, -0.25) is 4.79 Å². The second-order valence-corrected chi connectivity index (χ2v) is 6.76. The van der Waals surface area contributed by atoms with Gasteiger partial charge in [0.1, 0.15) is 0 Å². The Morgan fingerprint density at radius 2 is 1.68 bits per heavy atom. The summed E-state index contributed by atoms with van der Waals surface area (Å²) in [5.74, 6) is -0.0604. The quantitative estimate of drug-likeness (QED) is 0.649. The minimum absolute atomic E-state index is 0. The molecule has 28 heavy (non-hydrogen) atoms. The number of fused-ring (bicyclic) bond motifs is 1. The number of hydrogen-bond acceptors (Lipinski definition) is 3. The van der Waals surface area contributed by atoms with Gasteiger partial charge in [0.15, 0.2) is 0 Å². The van der Waals surface area contributed by atoms with E-state index in [1.807, 2.05) is 36.4 Å². The highest BCUT2D eigenvalue weighted by Crippen LogP contribution is 2.18. The first-order valence-electron chi connectivity index (χ1n) is 9.32. The predicted molar refractivity (Wildman–Crippen MR) is 113 cm³/mol. The Morgan fingerprint density at radius 1 is 0.964 bits per heavy atom. The van der Waals surface area contributed by atoms with Crippen LogP contribution in [-0.4, -0.2) is 36.5 Å². The summed E-state index contributed by atoms with van der Waals surface area (Å²) in [7, 11) is 0. The molecule has 2 aromatic rings. The maximum Gasteiger partial charge on any atom is 0.317 e. The van der Waals surface area contributed by atoms with E-state index in [4.69, 9.17) is 5.73 Å². The molecule has 6 nitrogen and oxygen atoms in total. The molecule has 7 heteroatoms. The molecule has 0 spiro atoms. The van der Waals surface area contributed by atoms with Crippen LogP contribution >= 0.6 is 12.4 Å². The molecule has 0 fully saturated rings. The molecule has 0 aliphatic carbocycles. The number of halogens is 1. The highest BCUT2D eigenvalue weighted by molar-refractivity contribution is 5.85. The third-order valence-electron chi connectivity index (χ3n) is 4.76. The number of nitrogen functional groups attached to an aromatic ring is 1. The predicted octanol–water partition coefficient (Wildman–Crippen LogP) is 2.51. The van der Waals surface area contributed by atoms with Crippen LogP contribution in [0.5, 0.6) is 0 Å². The van der Waals surface area contributed by atoms with Crippen LogP contribution in [0.1, 0.15) is 23.1 Å². The van der Waals surface area contributed by atoms with Crippen molar-refractivity contribution in [3.8, 4) is 0 Å². The molecule has 0 saturated carbocycles. The lowest BCUT2D eigenvalue weighted by Crippen LogP contribution is -2.43. The Labute approximate surface area is 171 Å². The van der Waals surface area contributed by atoms with Crippen LogP contribution in [0.3, 0.4) is 0 Å². The van der Waals surface area contributed by atoms with Crippen molar-refractivity contribution in [1.29, 1.82) is 0 Å². The van der Waals surface area contributed by atoms with E-state index in [1.54, 1.807) is 4.90 Å².